The van der Waals surface area contributed by atoms with E-state index in [0.717, 1.165) is 6.42 Å². The van der Waals surface area contributed by atoms with E-state index in [4.69, 9.17) is 14.7 Å². The van der Waals surface area contributed by atoms with Crippen molar-refractivity contribution in [3.8, 4) is 11.1 Å². The lowest BCUT2D eigenvalue weighted by atomic mass is 9.71. The SMILES string of the molecule is CC(ONC(=O)C1C[C@@H]2C[C@H](NC(=O)OCC3c4ccccc4-c4ccccc43)[C@@H]2C1)C(=O)O. The molecule has 5 rings (SSSR count). The molecule has 0 aliphatic heterocycles. The van der Waals surface area contributed by atoms with Crippen LogP contribution in [0.2, 0.25) is 0 Å². The number of fused-ring (bicyclic) bond motifs is 4. The number of hydroxylamine groups is 1. The van der Waals surface area contributed by atoms with Crippen molar-refractivity contribution >= 4 is 18.0 Å². The third kappa shape index (κ3) is 4.14. The van der Waals surface area contributed by atoms with Gasteiger partial charge in [0.15, 0.2) is 6.10 Å². The summed E-state index contributed by atoms with van der Waals surface area (Å²) >= 11 is 0. The highest BCUT2D eigenvalue weighted by Gasteiger charge is 2.50. The third-order valence-corrected chi connectivity index (χ3v) is 7.52. The third-order valence-electron chi connectivity index (χ3n) is 7.52. The maximum Gasteiger partial charge on any atom is 0.407 e. The first-order valence-corrected chi connectivity index (χ1v) is 11.7. The number of nitrogens with one attached hydrogen (secondary N) is 2. The molecule has 0 aromatic heterocycles. The van der Waals surface area contributed by atoms with Crippen LogP contribution in [0.1, 0.15) is 43.2 Å². The Morgan fingerprint density at radius 3 is 2.29 bits per heavy atom. The fraction of sp³-hybridized carbons (Fsp3) is 0.423. The molecule has 2 aromatic rings. The highest BCUT2D eigenvalue weighted by atomic mass is 16.7. The van der Waals surface area contributed by atoms with Crippen molar-refractivity contribution in [1.29, 1.82) is 0 Å². The first kappa shape index (κ1) is 22.4. The van der Waals surface area contributed by atoms with Crippen molar-refractivity contribution in [2.75, 3.05) is 6.61 Å². The molecule has 8 heteroatoms. The van der Waals surface area contributed by atoms with Crippen LogP contribution in [0, 0.1) is 17.8 Å². The zero-order chi connectivity index (χ0) is 23.8. The lowest BCUT2D eigenvalue weighted by Crippen LogP contribution is -2.50. The van der Waals surface area contributed by atoms with Crippen molar-refractivity contribution in [3.05, 3.63) is 59.7 Å². The van der Waals surface area contributed by atoms with Gasteiger partial charge in [-0.3, -0.25) is 9.63 Å². The lowest BCUT2D eigenvalue weighted by molar-refractivity contribution is -0.160. The Kier molecular flexibility index (Phi) is 6.00. The van der Waals surface area contributed by atoms with Gasteiger partial charge in [0.1, 0.15) is 6.61 Å². The second kappa shape index (κ2) is 9.10. The summed E-state index contributed by atoms with van der Waals surface area (Å²) in [7, 11) is 0. The van der Waals surface area contributed by atoms with Gasteiger partial charge in [-0.2, -0.15) is 0 Å². The number of carboxylic acid groups (broad SMARTS) is 1. The summed E-state index contributed by atoms with van der Waals surface area (Å²) in [5.41, 5.74) is 6.98. The van der Waals surface area contributed by atoms with Crippen LogP contribution in [0.25, 0.3) is 11.1 Å². The van der Waals surface area contributed by atoms with E-state index in [2.05, 4.69) is 35.1 Å². The number of hydrogen-bond acceptors (Lipinski definition) is 5. The Bertz CT molecular complexity index is 1070. The van der Waals surface area contributed by atoms with Gasteiger partial charge in [0, 0.05) is 17.9 Å². The number of benzene rings is 2. The topological polar surface area (TPSA) is 114 Å². The van der Waals surface area contributed by atoms with Crippen molar-refractivity contribution in [3.63, 3.8) is 0 Å². The van der Waals surface area contributed by atoms with Crippen molar-refractivity contribution < 1.29 is 29.1 Å². The van der Waals surface area contributed by atoms with Crippen LogP contribution in [0.5, 0.6) is 0 Å². The molecule has 2 unspecified atom stereocenters. The van der Waals surface area contributed by atoms with Gasteiger partial charge in [0.2, 0.25) is 5.91 Å². The molecule has 3 N–H and O–H groups in total. The lowest BCUT2D eigenvalue weighted by Gasteiger charge is -2.40. The van der Waals surface area contributed by atoms with E-state index in [1.54, 1.807) is 0 Å². The van der Waals surface area contributed by atoms with Crippen LogP contribution < -0.4 is 10.8 Å². The molecule has 2 fully saturated rings. The first-order valence-electron chi connectivity index (χ1n) is 11.7. The predicted octanol–water partition coefficient (Wildman–Crippen LogP) is 3.46. The van der Waals surface area contributed by atoms with E-state index >= 15 is 0 Å². The van der Waals surface area contributed by atoms with E-state index in [0.29, 0.717) is 18.8 Å². The highest BCUT2D eigenvalue weighted by molar-refractivity contribution is 5.80. The number of carboxylic acids is 1. The maximum absolute atomic E-state index is 12.6. The summed E-state index contributed by atoms with van der Waals surface area (Å²) in [5, 5.41) is 11.8. The van der Waals surface area contributed by atoms with E-state index in [1.165, 1.54) is 29.2 Å². The molecule has 8 nitrogen and oxygen atoms in total. The van der Waals surface area contributed by atoms with Crippen LogP contribution in [0.15, 0.2) is 48.5 Å². The Morgan fingerprint density at radius 1 is 1.00 bits per heavy atom. The number of amides is 2. The number of carbonyl (C=O) groups excluding carboxylic acids is 2. The number of alkyl carbamates (subject to hydrolysis) is 1. The van der Waals surface area contributed by atoms with E-state index in [1.807, 2.05) is 24.3 Å². The van der Waals surface area contributed by atoms with Gasteiger partial charge in [-0.05, 0) is 60.3 Å². The molecule has 178 valence electrons. The zero-order valence-corrected chi connectivity index (χ0v) is 18.9. The summed E-state index contributed by atoms with van der Waals surface area (Å²) in [6.07, 6.45) is 0.618. The highest BCUT2D eigenvalue weighted by Crippen LogP contribution is 2.50. The van der Waals surface area contributed by atoms with Crippen LogP contribution >= 0.6 is 0 Å². The molecule has 2 saturated carbocycles. The Hall–Kier alpha value is -3.39. The molecule has 2 aromatic carbocycles. The number of aliphatic carboxylic acids is 1. The molecular weight excluding hydrogens is 436 g/mol. The molecule has 0 heterocycles. The molecular formula is C26H28N2O6. The molecule has 0 saturated heterocycles. The number of ether oxygens (including phenoxy) is 1. The average molecular weight is 465 g/mol. The van der Waals surface area contributed by atoms with E-state index in [-0.39, 0.29) is 36.3 Å². The fourth-order valence-corrected chi connectivity index (χ4v) is 5.68. The van der Waals surface area contributed by atoms with E-state index in [9.17, 15) is 14.4 Å². The summed E-state index contributed by atoms with van der Waals surface area (Å²) in [4.78, 5) is 40.6. The minimum Gasteiger partial charge on any atom is -0.479 e. The van der Waals surface area contributed by atoms with Gasteiger partial charge in [-0.25, -0.2) is 15.1 Å². The van der Waals surface area contributed by atoms with Gasteiger partial charge in [0.05, 0.1) is 0 Å². The molecule has 2 amide bonds. The normalized spacial score (nSPS) is 25.3. The number of hydrogen-bond donors (Lipinski definition) is 3. The van der Waals surface area contributed by atoms with Gasteiger partial charge >= 0.3 is 12.1 Å². The van der Waals surface area contributed by atoms with Crippen LogP contribution in [-0.2, 0) is 19.2 Å². The smallest absolute Gasteiger partial charge is 0.407 e. The predicted molar refractivity (Wildman–Crippen MR) is 123 cm³/mol. The van der Waals surface area contributed by atoms with Crippen molar-refractivity contribution in [1.82, 2.24) is 10.8 Å². The molecule has 5 atom stereocenters. The summed E-state index contributed by atoms with van der Waals surface area (Å²) in [5.74, 6) is -1.09. The Balaban J connectivity index is 1.12. The molecule has 0 bridgehead atoms. The second-order valence-corrected chi connectivity index (χ2v) is 9.47. The Morgan fingerprint density at radius 2 is 1.65 bits per heavy atom. The van der Waals surface area contributed by atoms with Crippen LogP contribution in [0.4, 0.5) is 4.79 Å². The molecule has 0 radical (unpaired) electrons. The van der Waals surface area contributed by atoms with Crippen molar-refractivity contribution in [2.24, 2.45) is 17.8 Å². The summed E-state index contributed by atoms with van der Waals surface area (Å²) in [6, 6.07) is 16.4. The minimum atomic E-state index is -1.14. The first-order chi connectivity index (χ1) is 16.4. The molecule has 3 aliphatic rings. The van der Waals surface area contributed by atoms with Crippen molar-refractivity contribution in [2.45, 2.75) is 44.2 Å². The van der Waals surface area contributed by atoms with Crippen LogP contribution in [-0.4, -0.2) is 41.8 Å². The molecule has 3 aliphatic carbocycles. The minimum absolute atomic E-state index is 0.0139. The van der Waals surface area contributed by atoms with Gasteiger partial charge in [-0.1, -0.05) is 48.5 Å². The zero-order valence-electron chi connectivity index (χ0n) is 18.9. The van der Waals surface area contributed by atoms with Crippen LogP contribution in [0.3, 0.4) is 0 Å². The standard InChI is InChI=1S/C26H28N2O6/c1-14(25(30)31)34-28-24(29)16-10-15-12-23(21(15)11-16)27-26(32)33-13-22-19-8-4-2-6-17(19)18-7-3-5-9-20(18)22/h2-9,14-16,21-23H,10-13H2,1H3,(H,27,32)(H,28,29)(H,30,31)/t14?,15-,16?,21-,23+/m1/s1. The molecule has 34 heavy (non-hydrogen) atoms. The monoisotopic (exact) mass is 464 g/mol. The average Bonchev–Trinajstić information content (AvgIpc) is 3.34. The van der Waals surface area contributed by atoms with Gasteiger partial charge in [-0.15, -0.1) is 0 Å². The maximum atomic E-state index is 12.6. The second-order valence-electron chi connectivity index (χ2n) is 9.47. The Labute approximate surface area is 197 Å². The fourth-order valence-electron chi connectivity index (χ4n) is 5.68. The quantitative estimate of drug-likeness (QED) is 0.541. The van der Waals surface area contributed by atoms with Gasteiger partial charge in [0.25, 0.3) is 0 Å². The summed E-state index contributed by atoms with van der Waals surface area (Å²) < 4.78 is 5.65. The summed E-state index contributed by atoms with van der Waals surface area (Å²) in [6.45, 7) is 1.63. The largest absolute Gasteiger partial charge is 0.479 e. The van der Waals surface area contributed by atoms with E-state index < -0.39 is 18.2 Å². The number of carbonyl (C=O) groups is 3. The van der Waals surface area contributed by atoms with Gasteiger partial charge < -0.3 is 15.2 Å². The molecule has 0 spiro atoms. The number of rotatable bonds is 7.